The highest BCUT2D eigenvalue weighted by molar-refractivity contribution is 5.91. The number of urea groups is 1. The second-order valence-electron chi connectivity index (χ2n) is 5.47. The fourth-order valence-corrected chi connectivity index (χ4v) is 1.89. The van der Waals surface area contributed by atoms with E-state index >= 15 is 0 Å². The van der Waals surface area contributed by atoms with Gasteiger partial charge in [-0.1, -0.05) is 13.8 Å². The van der Waals surface area contributed by atoms with E-state index in [1.165, 1.54) is 12.3 Å². The Morgan fingerprint density at radius 1 is 1.52 bits per heavy atom. The lowest BCUT2D eigenvalue weighted by Crippen LogP contribution is -2.59. The van der Waals surface area contributed by atoms with Crippen molar-refractivity contribution in [1.82, 2.24) is 15.2 Å². The fraction of sp³-hybridized carbons (Fsp3) is 0.500. The SMILES string of the molecule is CC(C)CNC(=O)N1CC(Oc2ccnc(C(N)=O)c2)C1. The number of nitrogens with two attached hydrogens (primary N) is 1. The number of primary amides is 1. The fourth-order valence-electron chi connectivity index (χ4n) is 1.89. The van der Waals surface area contributed by atoms with Gasteiger partial charge in [0.2, 0.25) is 0 Å². The first-order chi connectivity index (χ1) is 9.95. The molecule has 0 aromatic carbocycles. The van der Waals surface area contributed by atoms with Crippen LogP contribution in [-0.2, 0) is 0 Å². The number of carbonyl (C=O) groups excluding carboxylic acids is 2. The number of hydrogen-bond acceptors (Lipinski definition) is 4. The zero-order valence-electron chi connectivity index (χ0n) is 12.2. The number of hydrogen-bond donors (Lipinski definition) is 2. The number of rotatable bonds is 5. The van der Waals surface area contributed by atoms with Gasteiger partial charge in [-0.2, -0.15) is 0 Å². The normalized spacial score (nSPS) is 14.7. The van der Waals surface area contributed by atoms with Crippen LogP contribution in [0.5, 0.6) is 5.75 Å². The molecule has 1 aliphatic heterocycles. The number of nitrogens with one attached hydrogen (secondary N) is 1. The zero-order chi connectivity index (χ0) is 15.4. The molecule has 1 saturated heterocycles. The maximum absolute atomic E-state index is 11.8. The molecule has 0 atom stereocenters. The summed E-state index contributed by atoms with van der Waals surface area (Å²) in [6.07, 6.45) is 1.40. The highest BCUT2D eigenvalue weighted by Gasteiger charge is 2.32. The molecule has 1 fully saturated rings. The van der Waals surface area contributed by atoms with Gasteiger partial charge in [0, 0.05) is 18.8 Å². The van der Waals surface area contributed by atoms with Crippen molar-refractivity contribution >= 4 is 11.9 Å². The Hall–Kier alpha value is -2.31. The number of carbonyl (C=O) groups is 2. The zero-order valence-corrected chi connectivity index (χ0v) is 12.2. The number of pyridine rings is 1. The van der Waals surface area contributed by atoms with Crippen molar-refractivity contribution < 1.29 is 14.3 Å². The predicted molar refractivity (Wildman–Crippen MR) is 77.0 cm³/mol. The molecule has 0 aliphatic carbocycles. The van der Waals surface area contributed by atoms with E-state index in [1.54, 1.807) is 11.0 Å². The summed E-state index contributed by atoms with van der Waals surface area (Å²) in [6.45, 7) is 5.80. The van der Waals surface area contributed by atoms with Gasteiger partial charge >= 0.3 is 6.03 Å². The Bertz CT molecular complexity index is 527. The Labute approximate surface area is 123 Å². The molecule has 1 aromatic rings. The van der Waals surface area contributed by atoms with Gasteiger partial charge in [-0.05, 0) is 12.0 Å². The number of likely N-dealkylation sites (tertiary alicyclic amines) is 1. The molecule has 7 heteroatoms. The van der Waals surface area contributed by atoms with Crippen LogP contribution in [0.25, 0.3) is 0 Å². The maximum Gasteiger partial charge on any atom is 0.317 e. The third-order valence-corrected chi connectivity index (χ3v) is 3.08. The van der Waals surface area contributed by atoms with Crippen LogP contribution in [0.15, 0.2) is 18.3 Å². The van der Waals surface area contributed by atoms with Crippen LogP contribution >= 0.6 is 0 Å². The van der Waals surface area contributed by atoms with Gasteiger partial charge in [0.05, 0.1) is 13.1 Å². The largest absolute Gasteiger partial charge is 0.487 e. The van der Waals surface area contributed by atoms with Crippen molar-refractivity contribution in [2.45, 2.75) is 20.0 Å². The predicted octanol–water partition coefficient (Wildman–Crippen LogP) is 0.609. The van der Waals surface area contributed by atoms with Gasteiger partial charge in [-0.3, -0.25) is 9.78 Å². The third kappa shape index (κ3) is 4.08. The highest BCUT2D eigenvalue weighted by atomic mass is 16.5. The minimum Gasteiger partial charge on any atom is -0.487 e. The molecule has 7 nitrogen and oxygen atoms in total. The molecule has 1 aromatic heterocycles. The molecule has 3 N–H and O–H groups in total. The summed E-state index contributed by atoms with van der Waals surface area (Å²) < 4.78 is 5.68. The minimum absolute atomic E-state index is 0.0714. The van der Waals surface area contributed by atoms with Crippen molar-refractivity contribution in [3.05, 3.63) is 24.0 Å². The van der Waals surface area contributed by atoms with Gasteiger partial charge in [0.15, 0.2) is 0 Å². The van der Waals surface area contributed by atoms with Crippen LogP contribution in [0.4, 0.5) is 4.79 Å². The monoisotopic (exact) mass is 292 g/mol. The summed E-state index contributed by atoms with van der Waals surface area (Å²) >= 11 is 0. The van der Waals surface area contributed by atoms with E-state index in [4.69, 9.17) is 10.5 Å². The molecule has 0 bridgehead atoms. The highest BCUT2D eigenvalue weighted by Crippen LogP contribution is 2.18. The topological polar surface area (TPSA) is 97.6 Å². The number of aromatic nitrogens is 1. The molecular weight excluding hydrogens is 272 g/mol. The van der Waals surface area contributed by atoms with Crippen LogP contribution < -0.4 is 15.8 Å². The van der Waals surface area contributed by atoms with E-state index in [-0.39, 0.29) is 17.8 Å². The van der Waals surface area contributed by atoms with Crippen molar-refractivity contribution in [2.24, 2.45) is 11.7 Å². The second-order valence-corrected chi connectivity index (χ2v) is 5.47. The Morgan fingerprint density at radius 3 is 2.86 bits per heavy atom. The molecule has 1 aliphatic rings. The molecular formula is C14H20N4O3. The number of amides is 3. The Kier molecular flexibility index (Phi) is 4.62. The van der Waals surface area contributed by atoms with Crippen molar-refractivity contribution in [3.63, 3.8) is 0 Å². The molecule has 0 unspecified atom stereocenters. The lowest BCUT2D eigenvalue weighted by molar-refractivity contribution is 0.0441. The van der Waals surface area contributed by atoms with E-state index in [0.717, 1.165) is 0 Å². The smallest absolute Gasteiger partial charge is 0.317 e. The van der Waals surface area contributed by atoms with Crippen LogP contribution in [0.3, 0.4) is 0 Å². The van der Waals surface area contributed by atoms with Crippen molar-refractivity contribution in [1.29, 1.82) is 0 Å². The molecule has 21 heavy (non-hydrogen) atoms. The molecule has 0 spiro atoms. The lowest BCUT2D eigenvalue weighted by Gasteiger charge is -2.38. The maximum atomic E-state index is 11.8. The molecule has 0 radical (unpaired) electrons. The molecule has 2 heterocycles. The second kappa shape index (κ2) is 6.43. The lowest BCUT2D eigenvalue weighted by atomic mass is 10.2. The van der Waals surface area contributed by atoms with Crippen LogP contribution in [-0.4, -0.2) is 47.6 Å². The van der Waals surface area contributed by atoms with Crippen LogP contribution in [0, 0.1) is 5.92 Å². The van der Waals surface area contributed by atoms with E-state index in [2.05, 4.69) is 10.3 Å². The van der Waals surface area contributed by atoms with E-state index in [1.807, 2.05) is 13.8 Å². The van der Waals surface area contributed by atoms with E-state index in [0.29, 0.717) is 31.3 Å². The van der Waals surface area contributed by atoms with Gasteiger partial charge in [0.1, 0.15) is 17.5 Å². The standard InChI is InChI=1S/C14H20N4O3/c1-9(2)6-17-14(20)18-7-11(8-18)21-10-3-4-16-12(5-10)13(15)19/h3-5,9,11H,6-8H2,1-2H3,(H2,15,19)(H,17,20). The molecule has 0 saturated carbocycles. The van der Waals surface area contributed by atoms with Gasteiger partial charge < -0.3 is 20.7 Å². The van der Waals surface area contributed by atoms with Crippen LogP contribution in [0.2, 0.25) is 0 Å². The molecule has 114 valence electrons. The van der Waals surface area contributed by atoms with E-state index in [9.17, 15) is 9.59 Å². The minimum atomic E-state index is -0.594. The summed E-state index contributed by atoms with van der Waals surface area (Å²) in [5.74, 6) is 0.362. The Balaban J connectivity index is 1.79. The quantitative estimate of drug-likeness (QED) is 0.830. The number of nitrogens with zero attached hydrogens (tertiary/aromatic N) is 2. The summed E-state index contributed by atoms with van der Waals surface area (Å²) in [7, 11) is 0. The first kappa shape index (κ1) is 15.1. The number of ether oxygens (including phenoxy) is 1. The molecule has 2 rings (SSSR count). The first-order valence-electron chi connectivity index (χ1n) is 6.91. The average Bonchev–Trinajstić information content (AvgIpc) is 2.40. The van der Waals surface area contributed by atoms with Gasteiger partial charge in [-0.25, -0.2) is 4.79 Å². The summed E-state index contributed by atoms with van der Waals surface area (Å²) in [5, 5.41) is 2.85. The summed E-state index contributed by atoms with van der Waals surface area (Å²) in [4.78, 5) is 28.3. The van der Waals surface area contributed by atoms with Gasteiger partial charge in [0.25, 0.3) is 5.91 Å². The summed E-state index contributed by atoms with van der Waals surface area (Å²) in [5.41, 5.74) is 5.33. The van der Waals surface area contributed by atoms with Gasteiger partial charge in [-0.15, -0.1) is 0 Å². The summed E-state index contributed by atoms with van der Waals surface area (Å²) in [6, 6.07) is 3.09. The first-order valence-corrected chi connectivity index (χ1v) is 6.91. The van der Waals surface area contributed by atoms with Crippen molar-refractivity contribution in [3.8, 4) is 5.75 Å². The third-order valence-electron chi connectivity index (χ3n) is 3.08. The van der Waals surface area contributed by atoms with Crippen LogP contribution in [0.1, 0.15) is 24.3 Å². The average molecular weight is 292 g/mol. The van der Waals surface area contributed by atoms with E-state index < -0.39 is 5.91 Å². The Morgan fingerprint density at radius 2 is 2.24 bits per heavy atom. The molecule has 3 amide bonds. The van der Waals surface area contributed by atoms with Crippen molar-refractivity contribution in [2.75, 3.05) is 19.6 Å².